The number of rotatable bonds is 9. The largest absolute Gasteiger partial charge is 0.463 e. The van der Waals surface area contributed by atoms with Crippen LogP contribution in [0.15, 0.2) is 0 Å². The highest BCUT2D eigenvalue weighted by Crippen LogP contribution is 2.28. The molecule has 12 nitrogen and oxygen atoms in total. The summed E-state index contributed by atoms with van der Waals surface area (Å²) in [5.41, 5.74) is 0. The van der Waals surface area contributed by atoms with Gasteiger partial charge in [0.25, 0.3) is 0 Å². The summed E-state index contributed by atoms with van der Waals surface area (Å²) in [6.07, 6.45) is -5.97. The van der Waals surface area contributed by atoms with Crippen molar-refractivity contribution in [3.63, 3.8) is 0 Å². The van der Waals surface area contributed by atoms with Crippen LogP contribution in [-0.4, -0.2) is 73.8 Å². The quantitative estimate of drug-likeness (QED) is 0.300. The molecule has 31 heavy (non-hydrogen) atoms. The number of esters is 4. The van der Waals surface area contributed by atoms with Crippen molar-refractivity contribution < 1.29 is 52.4 Å². The molecule has 12 heteroatoms. The molecule has 0 aromatic heterocycles. The second-order valence-electron chi connectivity index (χ2n) is 6.75. The fraction of sp³-hybridized carbons (Fsp3) is 0.737. The van der Waals surface area contributed by atoms with Gasteiger partial charge in [-0.15, -0.1) is 0 Å². The van der Waals surface area contributed by atoms with E-state index in [1.54, 1.807) is 0 Å². The first-order valence-electron chi connectivity index (χ1n) is 9.78. The zero-order valence-electron chi connectivity index (χ0n) is 18.2. The molecule has 1 saturated heterocycles. The Hall–Kier alpha value is -2.89. The predicted molar refractivity (Wildman–Crippen MR) is 101 cm³/mol. The van der Waals surface area contributed by atoms with E-state index >= 15 is 0 Å². The highest BCUT2D eigenvalue weighted by atomic mass is 16.7. The normalized spacial score (nSPS) is 25.0. The summed E-state index contributed by atoms with van der Waals surface area (Å²) in [5.74, 6) is -2.92. The molecule has 176 valence electrons. The first-order chi connectivity index (χ1) is 14.5. The van der Waals surface area contributed by atoms with Gasteiger partial charge >= 0.3 is 30.0 Å². The van der Waals surface area contributed by atoms with E-state index in [2.05, 4.69) is 5.32 Å². The zero-order valence-corrected chi connectivity index (χ0v) is 18.2. The van der Waals surface area contributed by atoms with Crippen LogP contribution in [-0.2, 0) is 47.6 Å². The molecule has 0 spiro atoms. The van der Waals surface area contributed by atoms with Gasteiger partial charge in [0.05, 0.1) is 6.61 Å². The average molecular weight is 447 g/mol. The zero-order chi connectivity index (χ0) is 23.6. The van der Waals surface area contributed by atoms with Crippen molar-refractivity contribution >= 4 is 30.0 Å². The Kier molecular flexibility index (Phi) is 10.7. The van der Waals surface area contributed by atoms with Crippen LogP contribution in [0.25, 0.3) is 0 Å². The summed E-state index contributed by atoms with van der Waals surface area (Å²) in [5, 5.41) is 2.40. The third kappa shape index (κ3) is 9.20. The molecule has 0 aromatic carbocycles. The first kappa shape index (κ1) is 26.1. The molecule has 0 unspecified atom stereocenters. The predicted octanol–water partition coefficient (Wildman–Crippen LogP) is 0.596. The number of carbonyl (C=O) groups excluding carboxylic acids is 5. The maximum absolute atomic E-state index is 12.1. The van der Waals surface area contributed by atoms with E-state index in [4.69, 9.17) is 28.4 Å². The molecule has 1 N–H and O–H groups in total. The maximum atomic E-state index is 12.1. The number of ether oxygens (including phenoxy) is 6. The summed E-state index contributed by atoms with van der Waals surface area (Å²) in [6.45, 7) is 6.16. The highest BCUT2D eigenvalue weighted by Gasteiger charge is 2.52. The van der Waals surface area contributed by atoms with E-state index in [0.717, 1.165) is 34.1 Å². The van der Waals surface area contributed by atoms with Gasteiger partial charge < -0.3 is 28.4 Å². The van der Waals surface area contributed by atoms with Crippen LogP contribution < -0.4 is 5.32 Å². The number of amides is 1. The van der Waals surface area contributed by atoms with E-state index in [1.807, 2.05) is 6.92 Å². The molecule has 0 saturated carbocycles. The van der Waals surface area contributed by atoms with Gasteiger partial charge in [0.2, 0.25) is 0 Å². The number of hydrogen-bond acceptors (Lipinski definition) is 11. The Balaban J connectivity index is 3.23. The van der Waals surface area contributed by atoms with Crippen LogP contribution in [0.5, 0.6) is 0 Å². The second-order valence-corrected chi connectivity index (χ2v) is 6.75. The van der Waals surface area contributed by atoms with Crippen molar-refractivity contribution in [1.29, 1.82) is 0 Å². The number of alkyl carbamates (subject to hydrolysis) is 1. The molecule has 0 bridgehead atoms. The summed E-state index contributed by atoms with van der Waals surface area (Å²) in [7, 11) is 0. The molecular formula is C19H29NO11. The minimum Gasteiger partial charge on any atom is -0.463 e. The Morgan fingerprint density at radius 1 is 0.774 bits per heavy atom. The van der Waals surface area contributed by atoms with Crippen molar-refractivity contribution in [1.82, 2.24) is 5.32 Å². The third-order valence-electron chi connectivity index (χ3n) is 3.98. The number of nitrogens with one attached hydrogen (secondary N) is 1. The Labute approximate surface area is 179 Å². The van der Waals surface area contributed by atoms with Crippen LogP contribution in [0.2, 0.25) is 0 Å². The lowest BCUT2D eigenvalue weighted by Gasteiger charge is -2.44. The molecule has 1 amide bonds. The number of unbranched alkanes of at least 4 members (excludes halogenated alkanes) is 1. The van der Waals surface area contributed by atoms with Crippen molar-refractivity contribution in [3.8, 4) is 0 Å². The summed E-state index contributed by atoms with van der Waals surface area (Å²) in [6, 6.07) is 0. The average Bonchev–Trinajstić information content (AvgIpc) is 2.64. The Bertz CT molecular complexity index is 665. The Morgan fingerprint density at radius 3 is 1.84 bits per heavy atom. The fourth-order valence-electron chi connectivity index (χ4n) is 2.81. The summed E-state index contributed by atoms with van der Waals surface area (Å²) in [4.78, 5) is 58.4. The van der Waals surface area contributed by atoms with Crippen LogP contribution in [0, 0.1) is 0 Å². The van der Waals surface area contributed by atoms with Crippen molar-refractivity contribution in [2.75, 3.05) is 13.2 Å². The van der Waals surface area contributed by atoms with E-state index in [0.29, 0.717) is 6.42 Å². The van der Waals surface area contributed by atoms with E-state index in [1.165, 1.54) is 0 Å². The van der Waals surface area contributed by atoms with Crippen LogP contribution in [0.3, 0.4) is 0 Å². The van der Waals surface area contributed by atoms with E-state index in [-0.39, 0.29) is 13.2 Å². The van der Waals surface area contributed by atoms with Gasteiger partial charge in [-0.05, 0) is 6.42 Å². The molecule has 1 aliphatic heterocycles. The minimum atomic E-state index is -1.38. The van der Waals surface area contributed by atoms with Crippen LogP contribution >= 0.6 is 0 Å². The Morgan fingerprint density at radius 2 is 1.32 bits per heavy atom. The third-order valence-corrected chi connectivity index (χ3v) is 3.98. The van der Waals surface area contributed by atoms with Gasteiger partial charge in [0.15, 0.2) is 24.5 Å². The molecule has 5 atom stereocenters. The first-order valence-corrected chi connectivity index (χ1v) is 9.78. The second kappa shape index (κ2) is 12.7. The lowest BCUT2D eigenvalue weighted by Crippen LogP contribution is -2.66. The topological polar surface area (TPSA) is 153 Å². The molecule has 0 aliphatic carbocycles. The van der Waals surface area contributed by atoms with E-state index in [9.17, 15) is 24.0 Å². The monoisotopic (exact) mass is 447 g/mol. The minimum absolute atomic E-state index is 0.146. The van der Waals surface area contributed by atoms with Gasteiger partial charge in [0.1, 0.15) is 12.7 Å². The summed E-state index contributed by atoms with van der Waals surface area (Å²) >= 11 is 0. The number of hydrogen-bond donors (Lipinski definition) is 1. The molecule has 1 heterocycles. The number of carbonyl (C=O) groups is 5. The highest BCUT2D eigenvalue weighted by molar-refractivity contribution is 5.70. The summed E-state index contributed by atoms with van der Waals surface area (Å²) < 4.78 is 31.4. The standard InChI is InChI=1S/C19H29NO11/c1-6-7-8-26-19(25)20-18-17(30-13(5)24)16(29-12(4)23)15(28-11(3)22)14(31-18)9-27-10(2)21/h14-18H,6-9H2,1-5H3,(H,20,25)/t14-,15+,16+,17+,18-/m0/s1. The van der Waals surface area contributed by atoms with Crippen molar-refractivity contribution in [2.45, 2.75) is 78.1 Å². The lowest BCUT2D eigenvalue weighted by molar-refractivity contribution is -0.256. The maximum Gasteiger partial charge on any atom is 0.409 e. The molecule has 0 aromatic rings. The van der Waals surface area contributed by atoms with Gasteiger partial charge in [-0.25, -0.2) is 4.79 Å². The molecular weight excluding hydrogens is 418 g/mol. The smallest absolute Gasteiger partial charge is 0.409 e. The van der Waals surface area contributed by atoms with Crippen molar-refractivity contribution in [3.05, 3.63) is 0 Å². The van der Waals surface area contributed by atoms with Gasteiger partial charge in [0, 0.05) is 27.7 Å². The van der Waals surface area contributed by atoms with Gasteiger partial charge in [-0.1, -0.05) is 13.3 Å². The molecule has 0 radical (unpaired) electrons. The van der Waals surface area contributed by atoms with Crippen LogP contribution in [0.4, 0.5) is 4.79 Å². The molecule has 1 rings (SSSR count). The molecule has 1 aliphatic rings. The van der Waals surface area contributed by atoms with Crippen molar-refractivity contribution in [2.24, 2.45) is 0 Å². The van der Waals surface area contributed by atoms with Gasteiger partial charge in [-0.2, -0.15) is 0 Å². The SMILES string of the molecule is CCCCOC(=O)N[C@H]1O[C@@H](COC(C)=O)[C@@H](OC(C)=O)[C@@H](OC(C)=O)[C@H]1OC(C)=O. The molecule has 1 fully saturated rings. The lowest BCUT2D eigenvalue weighted by atomic mass is 9.97. The van der Waals surface area contributed by atoms with Crippen LogP contribution in [0.1, 0.15) is 47.5 Å². The van der Waals surface area contributed by atoms with E-state index < -0.39 is 60.6 Å². The van der Waals surface area contributed by atoms with Gasteiger partial charge in [-0.3, -0.25) is 24.5 Å². The fourth-order valence-corrected chi connectivity index (χ4v) is 2.81.